The summed E-state index contributed by atoms with van der Waals surface area (Å²) in [5, 5.41) is 3.62. The third-order valence-electron chi connectivity index (χ3n) is 3.95. The molecular weight excluding hydrogens is 258 g/mol. The molecule has 1 N–H and O–H groups in total. The molecule has 0 bridgehead atoms. The maximum absolute atomic E-state index is 5.47. The lowest BCUT2D eigenvalue weighted by Gasteiger charge is -2.20. The van der Waals surface area contributed by atoms with Crippen molar-refractivity contribution in [1.82, 2.24) is 5.32 Å². The van der Waals surface area contributed by atoms with E-state index in [-0.39, 0.29) is 6.04 Å². The summed E-state index contributed by atoms with van der Waals surface area (Å²) in [5.41, 5.74) is 3.85. The van der Waals surface area contributed by atoms with Crippen molar-refractivity contribution in [3.63, 3.8) is 0 Å². The van der Waals surface area contributed by atoms with Gasteiger partial charge in [0.1, 0.15) is 5.75 Å². The van der Waals surface area contributed by atoms with Gasteiger partial charge in [0, 0.05) is 18.2 Å². The topological polar surface area (TPSA) is 21.3 Å². The molecule has 2 atom stereocenters. The van der Waals surface area contributed by atoms with Crippen molar-refractivity contribution in [2.45, 2.75) is 32.7 Å². The van der Waals surface area contributed by atoms with Crippen molar-refractivity contribution in [2.75, 3.05) is 13.7 Å². The van der Waals surface area contributed by atoms with Crippen LogP contribution in [-0.4, -0.2) is 13.7 Å². The SMILES string of the molecule is COc1ccc(C)cc1C(C)NCC(C)c1ccccc1. The summed E-state index contributed by atoms with van der Waals surface area (Å²) < 4.78 is 5.47. The van der Waals surface area contributed by atoms with E-state index in [9.17, 15) is 0 Å². The Hall–Kier alpha value is -1.80. The van der Waals surface area contributed by atoms with Crippen LogP contribution < -0.4 is 10.1 Å². The lowest BCUT2D eigenvalue weighted by Crippen LogP contribution is -2.24. The zero-order chi connectivity index (χ0) is 15.2. The molecule has 21 heavy (non-hydrogen) atoms. The Morgan fingerprint density at radius 3 is 2.43 bits per heavy atom. The molecule has 0 radical (unpaired) electrons. The van der Waals surface area contributed by atoms with Gasteiger partial charge in [-0.25, -0.2) is 0 Å². The van der Waals surface area contributed by atoms with Gasteiger partial charge in [0.15, 0.2) is 0 Å². The number of nitrogens with one attached hydrogen (secondary N) is 1. The first kappa shape index (κ1) is 15.6. The van der Waals surface area contributed by atoms with Gasteiger partial charge in [-0.1, -0.05) is 55.0 Å². The Kier molecular flexibility index (Phi) is 5.40. The molecule has 2 rings (SSSR count). The van der Waals surface area contributed by atoms with E-state index in [4.69, 9.17) is 4.74 Å². The van der Waals surface area contributed by atoms with Crippen molar-refractivity contribution in [2.24, 2.45) is 0 Å². The highest BCUT2D eigenvalue weighted by molar-refractivity contribution is 5.38. The monoisotopic (exact) mass is 283 g/mol. The fourth-order valence-electron chi connectivity index (χ4n) is 2.56. The third kappa shape index (κ3) is 4.08. The molecule has 0 heterocycles. The first-order chi connectivity index (χ1) is 10.1. The van der Waals surface area contributed by atoms with Crippen LogP contribution in [0.15, 0.2) is 48.5 Å². The van der Waals surface area contributed by atoms with E-state index in [2.05, 4.69) is 68.6 Å². The molecule has 2 heteroatoms. The van der Waals surface area contributed by atoms with Gasteiger partial charge >= 0.3 is 0 Å². The summed E-state index contributed by atoms with van der Waals surface area (Å²) in [4.78, 5) is 0. The number of rotatable bonds is 6. The normalized spacial score (nSPS) is 13.7. The van der Waals surface area contributed by atoms with Crippen molar-refractivity contribution >= 4 is 0 Å². The van der Waals surface area contributed by atoms with Gasteiger partial charge in [-0.15, -0.1) is 0 Å². The summed E-state index contributed by atoms with van der Waals surface area (Å²) in [6.07, 6.45) is 0. The van der Waals surface area contributed by atoms with Crippen LogP contribution >= 0.6 is 0 Å². The fraction of sp³-hybridized carbons (Fsp3) is 0.368. The lowest BCUT2D eigenvalue weighted by atomic mass is 9.99. The number of methoxy groups -OCH3 is 1. The minimum atomic E-state index is 0.269. The van der Waals surface area contributed by atoms with Crippen LogP contribution in [0.1, 0.15) is 42.5 Å². The molecule has 0 aliphatic heterocycles. The zero-order valence-electron chi connectivity index (χ0n) is 13.4. The van der Waals surface area contributed by atoms with Gasteiger partial charge in [0.25, 0.3) is 0 Å². The number of benzene rings is 2. The molecule has 2 unspecified atom stereocenters. The molecule has 0 fully saturated rings. The Bertz CT molecular complexity index is 565. The molecule has 2 nitrogen and oxygen atoms in total. The van der Waals surface area contributed by atoms with E-state index < -0.39 is 0 Å². The van der Waals surface area contributed by atoms with Crippen LogP contribution in [0.25, 0.3) is 0 Å². The maximum Gasteiger partial charge on any atom is 0.123 e. The number of hydrogen-bond donors (Lipinski definition) is 1. The van der Waals surface area contributed by atoms with Crippen LogP contribution in [0.2, 0.25) is 0 Å². The summed E-state index contributed by atoms with van der Waals surface area (Å²) in [6, 6.07) is 17.2. The fourth-order valence-corrected chi connectivity index (χ4v) is 2.56. The predicted octanol–water partition coefficient (Wildman–Crippen LogP) is 4.46. The second-order valence-electron chi connectivity index (χ2n) is 5.69. The van der Waals surface area contributed by atoms with Crippen LogP contribution in [0, 0.1) is 6.92 Å². The highest BCUT2D eigenvalue weighted by atomic mass is 16.5. The molecule has 112 valence electrons. The van der Waals surface area contributed by atoms with Gasteiger partial charge in [-0.3, -0.25) is 0 Å². The number of ether oxygens (including phenoxy) is 1. The van der Waals surface area contributed by atoms with Gasteiger partial charge < -0.3 is 10.1 Å². The van der Waals surface area contributed by atoms with E-state index in [1.807, 2.05) is 6.07 Å². The molecular formula is C19H25NO. The highest BCUT2D eigenvalue weighted by Gasteiger charge is 2.13. The zero-order valence-corrected chi connectivity index (χ0v) is 13.4. The standard InChI is InChI=1S/C19H25NO/c1-14-10-11-19(21-4)18(12-14)16(3)20-13-15(2)17-8-6-5-7-9-17/h5-12,15-16,20H,13H2,1-4H3. The van der Waals surface area contributed by atoms with E-state index >= 15 is 0 Å². The Balaban J connectivity index is 2.02. The Labute approximate surface area is 128 Å². The molecule has 0 aliphatic rings. The summed E-state index contributed by atoms with van der Waals surface area (Å²) in [7, 11) is 1.73. The van der Waals surface area contributed by atoms with E-state index in [0.717, 1.165) is 12.3 Å². The third-order valence-corrected chi connectivity index (χ3v) is 3.95. The second kappa shape index (κ2) is 7.28. The Morgan fingerprint density at radius 2 is 1.76 bits per heavy atom. The largest absolute Gasteiger partial charge is 0.496 e. The van der Waals surface area contributed by atoms with E-state index in [0.29, 0.717) is 5.92 Å². The molecule has 0 saturated heterocycles. The van der Waals surface area contributed by atoms with Gasteiger partial charge in [0.05, 0.1) is 7.11 Å². The molecule has 0 aliphatic carbocycles. The minimum Gasteiger partial charge on any atom is -0.496 e. The smallest absolute Gasteiger partial charge is 0.123 e. The van der Waals surface area contributed by atoms with E-state index in [1.165, 1.54) is 16.7 Å². The summed E-state index contributed by atoms with van der Waals surface area (Å²) in [5.74, 6) is 1.44. The predicted molar refractivity (Wildman–Crippen MR) is 89.0 cm³/mol. The second-order valence-corrected chi connectivity index (χ2v) is 5.69. The summed E-state index contributed by atoms with van der Waals surface area (Å²) in [6.45, 7) is 7.50. The first-order valence-electron chi connectivity index (χ1n) is 7.54. The minimum absolute atomic E-state index is 0.269. The average Bonchev–Trinajstić information content (AvgIpc) is 2.53. The average molecular weight is 283 g/mol. The van der Waals surface area contributed by atoms with Crippen molar-refractivity contribution in [1.29, 1.82) is 0 Å². The number of hydrogen-bond acceptors (Lipinski definition) is 2. The first-order valence-corrected chi connectivity index (χ1v) is 7.54. The molecule has 2 aromatic rings. The number of aryl methyl sites for hydroxylation is 1. The molecule has 0 amide bonds. The van der Waals surface area contributed by atoms with Gasteiger partial charge in [0.2, 0.25) is 0 Å². The van der Waals surface area contributed by atoms with Crippen LogP contribution in [0.4, 0.5) is 0 Å². The van der Waals surface area contributed by atoms with Crippen molar-refractivity contribution < 1.29 is 4.74 Å². The quantitative estimate of drug-likeness (QED) is 0.845. The summed E-state index contributed by atoms with van der Waals surface area (Å²) >= 11 is 0. The van der Waals surface area contributed by atoms with Crippen molar-refractivity contribution in [3.8, 4) is 5.75 Å². The van der Waals surface area contributed by atoms with Gasteiger partial charge in [-0.05, 0) is 31.4 Å². The van der Waals surface area contributed by atoms with E-state index in [1.54, 1.807) is 7.11 Å². The molecule has 2 aromatic carbocycles. The van der Waals surface area contributed by atoms with Crippen LogP contribution in [0.3, 0.4) is 0 Å². The lowest BCUT2D eigenvalue weighted by molar-refractivity contribution is 0.400. The highest BCUT2D eigenvalue weighted by Crippen LogP contribution is 2.26. The maximum atomic E-state index is 5.47. The van der Waals surface area contributed by atoms with Crippen LogP contribution in [-0.2, 0) is 0 Å². The van der Waals surface area contributed by atoms with Crippen LogP contribution in [0.5, 0.6) is 5.75 Å². The Morgan fingerprint density at radius 1 is 1.05 bits per heavy atom. The molecule has 0 aromatic heterocycles. The molecule has 0 saturated carbocycles. The van der Waals surface area contributed by atoms with Crippen molar-refractivity contribution in [3.05, 3.63) is 65.2 Å². The van der Waals surface area contributed by atoms with Gasteiger partial charge in [-0.2, -0.15) is 0 Å². The molecule has 0 spiro atoms.